The molecule has 0 unspecified atom stereocenters. The largest absolute Gasteiger partial charge is 0.337 e. The smallest absolute Gasteiger partial charge is 0.247 e. The summed E-state index contributed by atoms with van der Waals surface area (Å²) in [6.45, 7) is 6.86. The standard InChI is InChI=1S/C21H17FN4O/c1-4-7-14-10-18-15(11-17(14)25-19(27)5-2)21(24-12-23-18)26-16-9-6-8-13(3)20(16)22/h5-6,8-12H,2H2,1,3H3,(H,25,27)(H,23,24,26). The van der Waals surface area contributed by atoms with E-state index in [0.717, 1.165) is 0 Å². The monoisotopic (exact) mass is 360 g/mol. The molecule has 0 atom stereocenters. The number of nitrogens with zero attached hydrogens (tertiary/aromatic N) is 2. The molecule has 0 aliphatic rings. The van der Waals surface area contributed by atoms with Crippen LogP contribution < -0.4 is 10.6 Å². The van der Waals surface area contributed by atoms with Gasteiger partial charge in [-0.05, 0) is 43.7 Å². The van der Waals surface area contributed by atoms with Crippen LogP contribution in [0.3, 0.4) is 0 Å². The maximum Gasteiger partial charge on any atom is 0.247 e. The van der Waals surface area contributed by atoms with Crippen molar-refractivity contribution in [2.24, 2.45) is 0 Å². The number of aryl methyl sites for hydroxylation is 1. The van der Waals surface area contributed by atoms with Crippen molar-refractivity contribution in [3.8, 4) is 11.8 Å². The highest BCUT2D eigenvalue weighted by atomic mass is 19.1. The van der Waals surface area contributed by atoms with E-state index in [9.17, 15) is 9.18 Å². The van der Waals surface area contributed by atoms with Gasteiger partial charge in [-0.1, -0.05) is 24.6 Å². The van der Waals surface area contributed by atoms with E-state index >= 15 is 0 Å². The first kappa shape index (κ1) is 18.1. The Morgan fingerprint density at radius 2 is 2.07 bits per heavy atom. The predicted molar refractivity (Wildman–Crippen MR) is 105 cm³/mol. The highest BCUT2D eigenvalue weighted by Gasteiger charge is 2.12. The van der Waals surface area contributed by atoms with Gasteiger partial charge in [0.15, 0.2) is 0 Å². The summed E-state index contributed by atoms with van der Waals surface area (Å²) in [5, 5.41) is 6.36. The molecule has 0 fully saturated rings. The quantitative estimate of drug-likeness (QED) is 0.537. The Morgan fingerprint density at radius 1 is 1.26 bits per heavy atom. The van der Waals surface area contributed by atoms with Gasteiger partial charge in [0, 0.05) is 5.39 Å². The molecule has 27 heavy (non-hydrogen) atoms. The molecule has 3 aromatic rings. The fraction of sp³-hybridized carbons (Fsp3) is 0.0952. The van der Waals surface area contributed by atoms with Gasteiger partial charge in [-0.2, -0.15) is 0 Å². The van der Waals surface area contributed by atoms with Gasteiger partial charge in [0.1, 0.15) is 18.0 Å². The molecule has 134 valence electrons. The summed E-state index contributed by atoms with van der Waals surface area (Å²) >= 11 is 0. The van der Waals surface area contributed by atoms with Crippen molar-refractivity contribution in [3.63, 3.8) is 0 Å². The molecule has 0 radical (unpaired) electrons. The maximum atomic E-state index is 14.4. The number of rotatable bonds is 4. The Balaban J connectivity index is 2.14. The number of carbonyl (C=O) groups is 1. The number of hydrogen-bond donors (Lipinski definition) is 2. The molecule has 3 rings (SSSR count). The average molecular weight is 360 g/mol. The lowest BCUT2D eigenvalue weighted by molar-refractivity contribution is -0.111. The van der Waals surface area contributed by atoms with E-state index in [4.69, 9.17) is 0 Å². The summed E-state index contributed by atoms with van der Waals surface area (Å²) in [6.07, 6.45) is 2.57. The van der Waals surface area contributed by atoms with Crippen molar-refractivity contribution in [3.05, 3.63) is 66.3 Å². The number of carbonyl (C=O) groups excluding carboxylic acids is 1. The first-order chi connectivity index (χ1) is 13.0. The third kappa shape index (κ3) is 3.77. The van der Waals surface area contributed by atoms with Crippen LogP contribution in [0.4, 0.5) is 21.6 Å². The van der Waals surface area contributed by atoms with Gasteiger partial charge in [-0.3, -0.25) is 4.79 Å². The van der Waals surface area contributed by atoms with Gasteiger partial charge in [0.2, 0.25) is 5.91 Å². The Kier molecular flexibility index (Phi) is 5.13. The van der Waals surface area contributed by atoms with E-state index in [2.05, 4.69) is 39.0 Å². The lowest BCUT2D eigenvalue weighted by atomic mass is 10.1. The molecule has 6 heteroatoms. The molecule has 1 amide bonds. The lowest BCUT2D eigenvalue weighted by Crippen LogP contribution is -2.09. The van der Waals surface area contributed by atoms with E-state index in [1.807, 2.05) is 0 Å². The van der Waals surface area contributed by atoms with Crippen LogP contribution in [0, 0.1) is 24.6 Å². The number of aromatic nitrogens is 2. The number of nitrogens with one attached hydrogen (secondary N) is 2. The van der Waals surface area contributed by atoms with Crippen molar-refractivity contribution >= 4 is 34.0 Å². The SMILES string of the molecule is C=CC(=O)Nc1cc2c(Nc3cccc(C)c3F)ncnc2cc1C#CC. The molecular weight excluding hydrogens is 343 g/mol. The minimum Gasteiger partial charge on any atom is -0.337 e. The third-order valence-corrected chi connectivity index (χ3v) is 3.92. The highest BCUT2D eigenvalue weighted by molar-refractivity contribution is 6.03. The summed E-state index contributed by atoms with van der Waals surface area (Å²) in [6, 6.07) is 8.55. The van der Waals surface area contributed by atoms with Crippen LogP contribution in [-0.4, -0.2) is 15.9 Å². The number of fused-ring (bicyclic) bond motifs is 1. The number of amides is 1. The van der Waals surface area contributed by atoms with Crippen LogP contribution in [0.15, 0.2) is 49.3 Å². The molecule has 5 nitrogen and oxygen atoms in total. The third-order valence-electron chi connectivity index (χ3n) is 3.92. The molecule has 1 heterocycles. The molecule has 0 aliphatic heterocycles. The second-order valence-corrected chi connectivity index (χ2v) is 5.77. The Labute approximate surface area is 156 Å². The summed E-state index contributed by atoms with van der Waals surface area (Å²) in [5.74, 6) is 5.48. The minimum atomic E-state index is -0.357. The number of anilines is 3. The van der Waals surface area contributed by atoms with E-state index in [1.54, 1.807) is 44.2 Å². The molecule has 0 bridgehead atoms. The van der Waals surface area contributed by atoms with Crippen molar-refractivity contribution in [1.29, 1.82) is 0 Å². The first-order valence-electron chi connectivity index (χ1n) is 8.20. The van der Waals surface area contributed by atoms with Crippen molar-refractivity contribution in [2.75, 3.05) is 10.6 Å². The van der Waals surface area contributed by atoms with Crippen molar-refractivity contribution in [1.82, 2.24) is 9.97 Å². The van der Waals surface area contributed by atoms with Gasteiger partial charge >= 0.3 is 0 Å². The second-order valence-electron chi connectivity index (χ2n) is 5.77. The summed E-state index contributed by atoms with van der Waals surface area (Å²) in [4.78, 5) is 20.3. The van der Waals surface area contributed by atoms with E-state index in [0.29, 0.717) is 39.2 Å². The van der Waals surface area contributed by atoms with E-state index in [1.165, 1.54) is 12.4 Å². The fourth-order valence-corrected chi connectivity index (χ4v) is 2.60. The molecular formula is C21H17FN4O. The molecule has 2 aromatic carbocycles. The molecule has 0 saturated carbocycles. The zero-order chi connectivity index (χ0) is 19.4. The van der Waals surface area contributed by atoms with Crippen LogP contribution in [-0.2, 0) is 4.79 Å². The minimum absolute atomic E-state index is 0.309. The highest BCUT2D eigenvalue weighted by Crippen LogP contribution is 2.29. The van der Waals surface area contributed by atoms with Crippen LogP contribution in [0.25, 0.3) is 10.9 Å². The van der Waals surface area contributed by atoms with Crippen LogP contribution >= 0.6 is 0 Å². The van der Waals surface area contributed by atoms with Crippen LogP contribution in [0.2, 0.25) is 0 Å². The number of benzene rings is 2. The molecule has 2 N–H and O–H groups in total. The Hall–Kier alpha value is -3.72. The Morgan fingerprint density at radius 3 is 2.81 bits per heavy atom. The van der Waals surface area contributed by atoms with Crippen molar-refractivity contribution in [2.45, 2.75) is 13.8 Å². The number of halogens is 1. The zero-order valence-electron chi connectivity index (χ0n) is 14.9. The van der Waals surface area contributed by atoms with Gasteiger partial charge < -0.3 is 10.6 Å². The number of hydrogen-bond acceptors (Lipinski definition) is 4. The zero-order valence-corrected chi connectivity index (χ0v) is 14.9. The molecule has 0 spiro atoms. The summed E-state index contributed by atoms with van der Waals surface area (Å²) in [5.41, 5.74) is 2.58. The van der Waals surface area contributed by atoms with Gasteiger partial charge in [-0.25, -0.2) is 14.4 Å². The normalized spacial score (nSPS) is 10.0. The van der Waals surface area contributed by atoms with E-state index in [-0.39, 0.29) is 11.7 Å². The first-order valence-corrected chi connectivity index (χ1v) is 8.20. The maximum absolute atomic E-state index is 14.4. The fourth-order valence-electron chi connectivity index (χ4n) is 2.60. The average Bonchev–Trinajstić information content (AvgIpc) is 2.66. The van der Waals surface area contributed by atoms with Gasteiger partial charge in [0.25, 0.3) is 0 Å². The van der Waals surface area contributed by atoms with E-state index < -0.39 is 0 Å². The van der Waals surface area contributed by atoms with Gasteiger partial charge in [-0.15, -0.1) is 5.92 Å². The molecule has 0 aliphatic carbocycles. The topological polar surface area (TPSA) is 66.9 Å². The second kappa shape index (κ2) is 7.67. The van der Waals surface area contributed by atoms with Gasteiger partial charge in [0.05, 0.1) is 22.5 Å². The molecule has 1 aromatic heterocycles. The predicted octanol–water partition coefficient (Wildman–Crippen LogP) is 4.32. The van der Waals surface area contributed by atoms with Crippen LogP contribution in [0.5, 0.6) is 0 Å². The summed E-state index contributed by atoms with van der Waals surface area (Å²) in [7, 11) is 0. The lowest BCUT2D eigenvalue weighted by Gasteiger charge is -2.12. The van der Waals surface area contributed by atoms with Crippen LogP contribution in [0.1, 0.15) is 18.1 Å². The summed E-state index contributed by atoms with van der Waals surface area (Å²) < 4.78 is 14.4. The van der Waals surface area contributed by atoms with Crippen molar-refractivity contribution < 1.29 is 9.18 Å². The molecule has 0 saturated heterocycles. The Bertz CT molecular complexity index is 1110.